The highest BCUT2D eigenvalue weighted by molar-refractivity contribution is 5.64. The van der Waals surface area contributed by atoms with E-state index in [1.807, 2.05) is 12.1 Å². The van der Waals surface area contributed by atoms with Crippen molar-refractivity contribution < 1.29 is 4.79 Å². The molecule has 0 aromatic heterocycles. The van der Waals surface area contributed by atoms with Gasteiger partial charge in [0.2, 0.25) is 0 Å². The first-order valence-corrected chi connectivity index (χ1v) is 7.21. The van der Waals surface area contributed by atoms with E-state index in [4.69, 9.17) is 0 Å². The number of aldehydes is 1. The molecule has 0 spiro atoms. The fourth-order valence-electron chi connectivity index (χ4n) is 2.53. The molecule has 2 aromatic carbocycles. The maximum absolute atomic E-state index is 11.4. The van der Waals surface area contributed by atoms with Crippen LogP contribution in [0.25, 0.3) is 0 Å². The fraction of sp³-hybridized carbons (Fsp3) is 0.316. The Labute approximate surface area is 121 Å². The minimum absolute atomic E-state index is 0.0545. The second-order valence-electron chi connectivity index (χ2n) is 5.70. The molecule has 1 nitrogen and oxygen atoms in total. The molecule has 2 rings (SSSR count). The largest absolute Gasteiger partial charge is 0.303 e. The van der Waals surface area contributed by atoms with Gasteiger partial charge in [0.1, 0.15) is 6.29 Å². The lowest BCUT2D eigenvalue weighted by Gasteiger charge is -2.14. The van der Waals surface area contributed by atoms with Crippen LogP contribution in [0.5, 0.6) is 0 Å². The van der Waals surface area contributed by atoms with E-state index >= 15 is 0 Å². The summed E-state index contributed by atoms with van der Waals surface area (Å²) < 4.78 is 0. The van der Waals surface area contributed by atoms with Crippen LogP contribution in [-0.2, 0) is 11.2 Å². The molecule has 0 bridgehead atoms. The third kappa shape index (κ3) is 3.36. The van der Waals surface area contributed by atoms with E-state index < -0.39 is 0 Å². The summed E-state index contributed by atoms with van der Waals surface area (Å²) in [7, 11) is 0. The average Bonchev–Trinajstić information content (AvgIpc) is 2.46. The maximum atomic E-state index is 11.4. The minimum atomic E-state index is -0.0545. The van der Waals surface area contributed by atoms with Crippen LogP contribution in [0.2, 0.25) is 0 Å². The molecule has 1 atom stereocenters. The minimum Gasteiger partial charge on any atom is -0.303 e. The highest BCUT2D eigenvalue weighted by Gasteiger charge is 2.13. The van der Waals surface area contributed by atoms with Gasteiger partial charge in [0.05, 0.1) is 0 Å². The molecule has 0 aliphatic heterocycles. The monoisotopic (exact) mass is 266 g/mol. The van der Waals surface area contributed by atoms with Gasteiger partial charge in [-0.3, -0.25) is 0 Å². The van der Waals surface area contributed by atoms with Crippen LogP contribution in [0, 0.1) is 6.92 Å². The summed E-state index contributed by atoms with van der Waals surface area (Å²) in [6.07, 6.45) is 1.84. The molecule has 2 aromatic rings. The summed E-state index contributed by atoms with van der Waals surface area (Å²) in [5.41, 5.74) is 4.88. The van der Waals surface area contributed by atoms with E-state index in [9.17, 15) is 4.79 Å². The van der Waals surface area contributed by atoms with E-state index in [1.165, 1.54) is 16.7 Å². The molecule has 0 amide bonds. The van der Waals surface area contributed by atoms with Gasteiger partial charge in [-0.15, -0.1) is 0 Å². The summed E-state index contributed by atoms with van der Waals surface area (Å²) in [6.45, 7) is 6.45. The summed E-state index contributed by atoms with van der Waals surface area (Å²) in [5.74, 6) is 0.489. The molecular weight excluding hydrogens is 244 g/mol. The highest BCUT2D eigenvalue weighted by Crippen LogP contribution is 2.23. The van der Waals surface area contributed by atoms with E-state index in [1.54, 1.807) is 0 Å². The Morgan fingerprint density at radius 3 is 2.20 bits per heavy atom. The van der Waals surface area contributed by atoms with Gasteiger partial charge in [-0.2, -0.15) is 0 Å². The Morgan fingerprint density at radius 2 is 1.65 bits per heavy atom. The second-order valence-corrected chi connectivity index (χ2v) is 5.70. The van der Waals surface area contributed by atoms with Gasteiger partial charge in [-0.05, 0) is 41.5 Å². The summed E-state index contributed by atoms with van der Waals surface area (Å²) in [6, 6.07) is 16.7. The third-order valence-corrected chi connectivity index (χ3v) is 3.85. The SMILES string of the molecule is Cc1ccccc1C(C=O)Cc1ccc(C(C)C)cc1. The van der Waals surface area contributed by atoms with Crippen molar-refractivity contribution in [1.82, 2.24) is 0 Å². The van der Waals surface area contributed by atoms with Crippen molar-refractivity contribution in [2.75, 3.05) is 0 Å². The number of carbonyl (C=O) groups is 1. The molecule has 0 radical (unpaired) electrons. The summed E-state index contributed by atoms with van der Waals surface area (Å²) in [5, 5.41) is 0. The average molecular weight is 266 g/mol. The highest BCUT2D eigenvalue weighted by atomic mass is 16.1. The first kappa shape index (κ1) is 14.5. The second kappa shape index (κ2) is 6.51. The molecule has 0 fully saturated rings. The van der Waals surface area contributed by atoms with Gasteiger partial charge in [0.15, 0.2) is 0 Å². The number of rotatable bonds is 5. The Morgan fingerprint density at radius 1 is 1.00 bits per heavy atom. The molecular formula is C19H22O. The topological polar surface area (TPSA) is 17.1 Å². The Kier molecular flexibility index (Phi) is 4.73. The van der Waals surface area contributed by atoms with Gasteiger partial charge in [-0.25, -0.2) is 0 Å². The normalized spacial score (nSPS) is 12.4. The molecule has 1 heteroatoms. The molecule has 0 saturated heterocycles. The molecule has 0 heterocycles. The van der Waals surface area contributed by atoms with Gasteiger partial charge >= 0.3 is 0 Å². The molecule has 1 unspecified atom stereocenters. The van der Waals surface area contributed by atoms with Crippen LogP contribution in [0.1, 0.15) is 47.9 Å². The summed E-state index contributed by atoms with van der Waals surface area (Å²) >= 11 is 0. The molecule has 0 aliphatic rings. The number of benzene rings is 2. The third-order valence-electron chi connectivity index (χ3n) is 3.85. The summed E-state index contributed by atoms with van der Waals surface area (Å²) in [4.78, 5) is 11.4. The lowest BCUT2D eigenvalue weighted by atomic mass is 9.89. The lowest BCUT2D eigenvalue weighted by Crippen LogP contribution is -2.06. The lowest BCUT2D eigenvalue weighted by molar-refractivity contribution is -0.109. The predicted octanol–water partition coefficient (Wildman–Crippen LogP) is 4.64. The number of aryl methyl sites for hydroxylation is 1. The van der Waals surface area contributed by atoms with Crippen LogP contribution in [-0.4, -0.2) is 6.29 Å². The fourth-order valence-corrected chi connectivity index (χ4v) is 2.53. The zero-order chi connectivity index (χ0) is 14.5. The first-order valence-electron chi connectivity index (χ1n) is 7.21. The number of hydrogen-bond donors (Lipinski definition) is 0. The van der Waals surface area contributed by atoms with Crippen molar-refractivity contribution in [2.45, 2.75) is 39.0 Å². The molecule has 0 N–H and O–H groups in total. The van der Waals surface area contributed by atoms with Crippen molar-refractivity contribution >= 4 is 6.29 Å². The van der Waals surface area contributed by atoms with Crippen molar-refractivity contribution in [3.63, 3.8) is 0 Å². The molecule has 0 saturated carbocycles. The van der Waals surface area contributed by atoms with Crippen LogP contribution in [0.4, 0.5) is 0 Å². The van der Waals surface area contributed by atoms with Crippen molar-refractivity contribution in [2.24, 2.45) is 0 Å². The van der Waals surface area contributed by atoms with Gasteiger partial charge in [0.25, 0.3) is 0 Å². The first-order chi connectivity index (χ1) is 9.61. The number of carbonyl (C=O) groups excluding carboxylic acids is 1. The van der Waals surface area contributed by atoms with Crippen LogP contribution in [0.15, 0.2) is 48.5 Å². The van der Waals surface area contributed by atoms with E-state index in [0.717, 1.165) is 18.3 Å². The van der Waals surface area contributed by atoms with Crippen LogP contribution in [0.3, 0.4) is 0 Å². The Balaban J connectivity index is 2.18. The van der Waals surface area contributed by atoms with E-state index in [-0.39, 0.29) is 5.92 Å². The zero-order valence-electron chi connectivity index (χ0n) is 12.5. The predicted molar refractivity (Wildman–Crippen MR) is 84.2 cm³/mol. The quantitative estimate of drug-likeness (QED) is 0.720. The molecule has 104 valence electrons. The van der Waals surface area contributed by atoms with Crippen molar-refractivity contribution in [1.29, 1.82) is 0 Å². The van der Waals surface area contributed by atoms with Crippen LogP contribution < -0.4 is 0 Å². The van der Waals surface area contributed by atoms with E-state index in [0.29, 0.717) is 5.92 Å². The Bertz CT molecular complexity index is 567. The Hall–Kier alpha value is -1.89. The standard InChI is InChI=1S/C19H22O/c1-14(2)17-10-8-16(9-11-17)12-18(13-20)19-7-5-4-6-15(19)3/h4-11,13-14,18H,12H2,1-3H3. The van der Waals surface area contributed by atoms with Crippen molar-refractivity contribution in [3.05, 3.63) is 70.8 Å². The van der Waals surface area contributed by atoms with Gasteiger partial charge in [0, 0.05) is 5.92 Å². The van der Waals surface area contributed by atoms with Gasteiger partial charge in [-0.1, -0.05) is 62.4 Å². The van der Waals surface area contributed by atoms with Crippen LogP contribution >= 0.6 is 0 Å². The van der Waals surface area contributed by atoms with E-state index in [2.05, 4.69) is 57.2 Å². The molecule has 20 heavy (non-hydrogen) atoms. The van der Waals surface area contributed by atoms with Crippen molar-refractivity contribution in [3.8, 4) is 0 Å². The molecule has 0 aliphatic carbocycles. The number of hydrogen-bond acceptors (Lipinski definition) is 1. The zero-order valence-corrected chi connectivity index (χ0v) is 12.5. The van der Waals surface area contributed by atoms with Gasteiger partial charge < -0.3 is 4.79 Å². The smallest absolute Gasteiger partial charge is 0.127 e. The maximum Gasteiger partial charge on any atom is 0.127 e.